The summed E-state index contributed by atoms with van der Waals surface area (Å²) in [6.07, 6.45) is 0. The van der Waals surface area contributed by atoms with Gasteiger partial charge in [0.1, 0.15) is 27.8 Å². The van der Waals surface area contributed by atoms with Gasteiger partial charge >= 0.3 is 0 Å². The molecule has 3 rings (SSSR count). The maximum absolute atomic E-state index is 11.4. The van der Waals surface area contributed by atoms with Crippen molar-refractivity contribution in [2.24, 2.45) is 10.2 Å². The standard InChI is InChI=1S/C19H18N2O5S/c1-11-4-6-14-13(8-11)5-7-16(22)19(14)21-20-15-9-12(2)18(27(23,24)25)10-17(15)26-3/h4-10,22H,1-3H3,(H,23,24,25). The summed E-state index contributed by atoms with van der Waals surface area (Å²) in [6.45, 7) is 3.50. The van der Waals surface area contributed by atoms with E-state index in [1.807, 2.05) is 25.1 Å². The van der Waals surface area contributed by atoms with Crippen LogP contribution < -0.4 is 4.74 Å². The Bertz CT molecular complexity index is 1170. The molecule has 0 heterocycles. The van der Waals surface area contributed by atoms with E-state index in [1.165, 1.54) is 26.2 Å². The summed E-state index contributed by atoms with van der Waals surface area (Å²) >= 11 is 0. The smallest absolute Gasteiger partial charge is 0.294 e. The number of phenols is 1. The molecule has 0 aliphatic carbocycles. The third-order valence-electron chi connectivity index (χ3n) is 4.14. The normalized spacial score (nSPS) is 12.0. The van der Waals surface area contributed by atoms with Gasteiger partial charge in [0.05, 0.1) is 7.11 Å². The van der Waals surface area contributed by atoms with Crippen LogP contribution in [0.25, 0.3) is 10.8 Å². The Hall–Kier alpha value is -2.97. The average Bonchev–Trinajstić information content (AvgIpc) is 2.60. The number of ether oxygens (including phenoxy) is 1. The summed E-state index contributed by atoms with van der Waals surface area (Å²) in [5.74, 6) is 0.105. The Morgan fingerprint density at radius 1 is 1.00 bits per heavy atom. The summed E-state index contributed by atoms with van der Waals surface area (Å²) in [4.78, 5) is -0.262. The zero-order valence-electron chi connectivity index (χ0n) is 15.0. The molecule has 8 heteroatoms. The molecule has 0 saturated heterocycles. The summed E-state index contributed by atoms with van der Waals surface area (Å²) in [5.41, 5.74) is 1.94. The fraction of sp³-hybridized carbons (Fsp3) is 0.158. The summed E-state index contributed by atoms with van der Waals surface area (Å²) < 4.78 is 37.3. The molecule has 0 aliphatic heterocycles. The maximum Gasteiger partial charge on any atom is 0.294 e. The number of phenolic OH excluding ortho intramolecular Hbond substituents is 1. The topological polar surface area (TPSA) is 109 Å². The van der Waals surface area contributed by atoms with Crippen molar-refractivity contribution >= 4 is 32.3 Å². The van der Waals surface area contributed by atoms with E-state index in [0.717, 1.165) is 16.3 Å². The van der Waals surface area contributed by atoms with Crippen molar-refractivity contribution in [1.29, 1.82) is 0 Å². The third kappa shape index (κ3) is 3.76. The van der Waals surface area contributed by atoms with E-state index < -0.39 is 10.1 Å². The molecular weight excluding hydrogens is 368 g/mol. The highest BCUT2D eigenvalue weighted by Gasteiger charge is 2.17. The van der Waals surface area contributed by atoms with Crippen LogP contribution in [-0.2, 0) is 10.1 Å². The summed E-state index contributed by atoms with van der Waals surface area (Å²) in [6, 6.07) is 11.7. The summed E-state index contributed by atoms with van der Waals surface area (Å²) in [7, 11) is -3.03. The van der Waals surface area contributed by atoms with Crippen molar-refractivity contribution in [2.45, 2.75) is 18.7 Å². The molecule has 2 N–H and O–H groups in total. The van der Waals surface area contributed by atoms with Gasteiger partial charge in [0.15, 0.2) is 0 Å². The molecule has 0 saturated carbocycles. The molecule has 0 aromatic heterocycles. The van der Waals surface area contributed by atoms with Gasteiger partial charge in [-0.2, -0.15) is 8.42 Å². The minimum atomic E-state index is -4.38. The number of fused-ring (bicyclic) bond motifs is 1. The molecule has 7 nitrogen and oxygen atoms in total. The van der Waals surface area contributed by atoms with Crippen molar-refractivity contribution in [1.82, 2.24) is 0 Å². The molecule has 0 bridgehead atoms. The predicted molar refractivity (Wildman–Crippen MR) is 102 cm³/mol. The second-order valence-electron chi connectivity index (χ2n) is 6.12. The predicted octanol–water partition coefficient (Wildman–Crippen LogP) is 4.83. The van der Waals surface area contributed by atoms with Crippen molar-refractivity contribution in [3.63, 3.8) is 0 Å². The fourth-order valence-corrected chi connectivity index (χ4v) is 3.53. The van der Waals surface area contributed by atoms with Gasteiger partial charge in [0, 0.05) is 11.5 Å². The molecule has 140 valence electrons. The monoisotopic (exact) mass is 386 g/mol. The molecule has 0 spiro atoms. The second-order valence-corrected chi connectivity index (χ2v) is 7.51. The van der Waals surface area contributed by atoms with Crippen LogP contribution in [0.3, 0.4) is 0 Å². The van der Waals surface area contributed by atoms with Gasteiger partial charge in [0.2, 0.25) is 0 Å². The van der Waals surface area contributed by atoms with Crippen LogP contribution in [0.2, 0.25) is 0 Å². The minimum absolute atomic E-state index is 0.0275. The van der Waals surface area contributed by atoms with E-state index in [4.69, 9.17) is 4.74 Å². The van der Waals surface area contributed by atoms with Crippen LogP contribution in [0.4, 0.5) is 11.4 Å². The van der Waals surface area contributed by atoms with Gasteiger partial charge in [-0.1, -0.05) is 29.8 Å². The second kappa shape index (κ2) is 6.98. The van der Waals surface area contributed by atoms with Crippen LogP contribution in [0.15, 0.2) is 57.6 Å². The molecule has 0 aliphatic rings. The zero-order chi connectivity index (χ0) is 19.8. The highest BCUT2D eigenvalue weighted by Crippen LogP contribution is 2.38. The molecule has 0 fully saturated rings. The van der Waals surface area contributed by atoms with Crippen molar-refractivity contribution in [3.8, 4) is 11.5 Å². The van der Waals surface area contributed by atoms with Crippen LogP contribution in [0.1, 0.15) is 11.1 Å². The number of methoxy groups -OCH3 is 1. The number of azo groups is 1. The lowest BCUT2D eigenvalue weighted by Gasteiger charge is -2.09. The van der Waals surface area contributed by atoms with Crippen LogP contribution >= 0.6 is 0 Å². The summed E-state index contributed by atoms with van der Waals surface area (Å²) in [5, 5.41) is 20.1. The Kier molecular flexibility index (Phi) is 4.86. The molecule has 0 amide bonds. The Morgan fingerprint density at radius 3 is 2.41 bits per heavy atom. The van der Waals surface area contributed by atoms with Crippen LogP contribution in [0, 0.1) is 13.8 Å². The first-order valence-electron chi connectivity index (χ1n) is 8.01. The lowest BCUT2D eigenvalue weighted by atomic mass is 10.1. The van der Waals surface area contributed by atoms with E-state index >= 15 is 0 Å². The molecule has 27 heavy (non-hydrogen) atoms. The van der Waals surface area contributed by atoms with Crippen molar-refractivity contribution in [3.05, 3.63) is 53.6 Å². The number of rotatable bonds is 4. The maximum atomic E-state index is 11.4. The van der Waals surface area contributed by atoms with Gasteiger partial charge in [-0.3, -0.25) is 4.55 Å². The largest absolute Gasteiger partial charge is 0.506 e. The van der Waals surface area contributed by atoms with E-state index in [2.05, 4.69) is 10.2 Å². The van der Waals surface area contributed by atoms with Crippen molar-refractivity contribution in [2.75, 3.05) is 7.11 Å². The van der Waals surface area contributed by atoms with Gasteiger partial charge in [-0.05, 0) is 36.9 Å². The van der Waals surface area contributed by atoms with Gasteiger partial charge in [-0.15, -0.1) is 10.2 Å². The SMILES string of the molecule is COc1cc(S(=O)(=O)O)c(C)cc1N=Nc1c(O)ccc2cc(C)ccc12. The first kappa shape index (κ1) is 18.8. The minimum Gasteiger partial charge on any atom is -0.506 e. The van der Waals surface area contributed by atoms with Gasteiger partial charge in [0.25, 0.3) is 10.1 Å². The number of benzene rings is 3. The molecule has 0 radical (unpaired) electrons. The van der Waals surface area contributed by atoms with E-state index in [1.54, 1.807) is 12.1 Å². The lowest BCUT2D eigenvalue weighted by Crippen LogP contribution is -2.01. The lowest BCUT2D eigenvalue weighted by molar-refractivity contribution is 0.413. The van der Waals surface area contributed by atoms with Crippen LogP contribution in [0.5, 0.6) is 11.5 Å². The number of hydrogen-bond acceptors (Lipinski definition) is 6. The first-order chi connectivity index (χ1) is 12.7. The van der Waals surface area contributed by atoms with E-state index in [9.17, 15) is 18.1 Å². The molecule has 0 unspecified atom stereocenters. The molecular formula is C19H18N2O5S. The number of aromatic hydroxyl groups is 1. The van der Waals surface area contributed by atoms with Gasteiger partial charge in [-0.25, -0.2) is 0 Å². The van der Waals surface area contributed by atoms with Crippen LogP contribution in [-0.4, -0.2) is 25.2 Å². The Balaban J connectivity index is 2.13. The Morgan fingerprint density at radius 2 is 1.74 bits per heavy atom. The number of aryl methyl sites for hydroxylation is 2. The van der Waals surface area contributed by atoms with Crippen molar-refractivity contribution < 1.29 is 22.8 Å². The quantitative estimate of drug-likeness (QED) is 0.493. The zero-order valence-corrected chi connectivity index (χ0v) is 15.8. The highest BCUT2D eigenvalue weighted by molar-refractivity contribution is 7.85. The average molecular weight is 386 g/mol. The van der Waals surface area contributed by atoms with Gasteiger partial charge < -0.3 is 9.84 Å². The van der Waals surface area contributed by atoms with E-state index in [0.29, 0.717) is 11.3 Å². The fourth-order valence-electron chi connectivity index (χ4n) is 2.80. The van der Waals surface area contributed by atoms with E-state index in [-0.39, 0.29) is 22.1 Å². The Labute approximate surface area is 156 Å². The molecule has 0 atom stereocenters. The first-order valence-corrected chi connectivity index (χ1v) is 9.45. The molecule has 3 aromatic carbocycles. The molecule has 3 aromatic rings. The third-order valence-corrected chi connectivity index (χ3v) is 5.13. The number of hydrogen-bond donors (Lipinski definition) is 2. The highest BCUT2D eigenvalue weighted by atomic mass is 32.2. The number of nitrogens with zero attached hydrogens (tertiary/aromatic N) is 2.